The van der Waals surface area contributed by atoms with Crippen LogP contribution in [0.3, 0.4) is 0 Å². The average Bonchev–Trinajstić information content (AvgIpc) is 3.71. The van der Waals surface area contributed by atoms with Crippen LogP contribution in [0.4, 0.5) is 11.4 Å². The maximum absolute atomic E-state index is 12.6. The number of hydrogen-bond acceptors (Lipinski definition) is 13. The zero-order chi connectivity index (χ0) is 47.9. The van der Waals surface area contributed by atoms with Gasteiger partial charge in [0.2, 0.25) is 5.69 Å². The SMILES string of the molecule is COCCOCCOCCOCCN1c2cc3c(cc2C(C)=CC1(C)C)C(=CC1=[N+](CCCCCC(=O)ON2C(=O)CCC2=O)c2ccc(S(=O)(=O)[O-])cc2C1(C)C)C=C(c1ccccc1)O3.[Na+]. The maximum atomic E-state index is 12.6. The van der Waals surface area contributed by atoms with Crippen molar-refractivity contribution in [1.29, 1.82) is 0 Å². The van der Waals surface area contributed by atoms with Gasteiger partial charge in [-0.15, -0.1) is 5.06 Å². The molecule has 4 aliphatic rings. The van der Waals surface area contributed by atoms with Crippen LogP contribution in [0.25, 0.3) is 16.9 Å². The summed E-state index contributed by atoms with van der Waals surface area (Å²) >= 11 is 0. The molecule has 1 fully saturated rings. The first-order chi connectivity index (χ1) is 32.0. The zero-order valence-electron chi connectivity index (χ0n) is 40.3. The fourth-order valence-electron chi connectivity index (χ4n) is 9.07. The number of methoxy groups -OCH3 is 1. The molecule has 15 nitrogen and oxygen atoms in total. The Balaban J connectivity index is 0.00000761. The Bertz CT molecular complexity index is 2590. The minimum Gasteiger partial charge on any atom is -0.744 e. The number of allylic oxidation sites excluding steroid dienone is 4. The minimum absolute atomic E-state index is 0. The second-order valence-electron chi connectivity index (χ2n) is 18.1. The molecule has 0 aromatic heterocycles. The van der Waals surface area contributed by atoms with E-state index in [1.807, 2.05) is 50.3 Å². The summed E-state index contributed by atoms with van der Waals surface area (Å²) in [4.78, 5) is 43.6. The fraction of sp³-hybridized carbons (Fsp3) is 0.451. The Labute approximate surface area is 421 Å². The third kappa shape index (κ3) is 12.3. The molecule has 358 valence electrons. The molecule has 4 heterocycles. The molecule has 0 unspecified atom stereocenters. The molecule has 2 amide bonds. The number of ether oxygens (including phenoxy) is 5. The standard InChI is InChI=1S/C51H61N3O12S.Na/c1-35-34-50(2,3)53(21-22-62-25-26-64-28-27-63-24-23-61-6)43-33-45-40(32-39(35)43)37(29-44(65-45)36-13-9-7-10-14-36)30-46-51(4,5)41-31-38(67(58,59)60)16-17-42(41)52(46)20-12-8-11-15-49(57)66-54-47(55)18-19-48(54)56;/h7,9-10,13-14,16-17,29-34H,8,11-12,15,18-28H2,1-6H3;/q;+1. The number of benzene rings is 3. The molecule has 3 aromatic rings. The molecule has 4 aliphatic heterocycles. The van der Waals surface area contributed by atoms with Crippen LogP contribution in [0.5, 0.6) is 5.75 Å². The first kappa shape index (κ1) is 52.9. The van der Waals surface area contributed by atoms with Crippen molar-refractivity contribution >= 4 is 61.9 Å². The van der Waals surface area contributed by atoms with Gasteiger partial charge in [0.1, 0.15) is 28.2 Å². The molecule has 0 saturated carbocycles. The van der Waals surface area contributed by atoms with E-state index in [0.29, 0.717) is 101 Å². The molecule has 0 bridgehead atoms. The van der Waals surface area contributed by atoms with Crippen molar-refractivity contribution in [3.8, 4) is 5.75 Å². The Hall–Kier alpha value is -4.49. The summed E-state index contributed by atoms with van der Waals surface area (Å²) in [6, 6.07) is 18.7. The third-order valence-electron chi connectivity index (χ3n) is 12.5. The van der Waals surface area contributed by atoms with Gasteiger partial charge in [0.15, 0.2) is 5.71 Å². The summed E-state index contributed by atoms with van der Waals surface area (Å²) in [5.41, 5.74) is 7.10. The Morgan fingerprint density at radius 2 is 1.51 bits per heavy atom. The van der Waals surface area contributed by atoms with E-state index < -0.39 is 33.3 Å². The summed E-state index contributed by atoms with van der Waals surface area (Å²) in [5, 5.41) is 0.562. The largest absolute Gasteiger partial charge is 1.00 e. The van der Waals surface area contributed by atoms with Crippen LogP contribution in [0, 0.1) is 0 Å². The number of amides is 2. The normalized spacial score (nSPS) is 17.6. The van der Waals surface area contributed by atoms with Crippen molar-refractivity contribution in [1.82, 2.24) is 5.06 Å². The summed E-state index contributed by atoms with van der Waals surface area (Å²) in [6.07, 6.45) is 8.21. The van der Waals surface area contributed by atoms with Crippen molar-refractivity contribution in [3.63, 3.8) is 0 Å². The van der Waals surface area contributed by atoms with Gasteiger partial charge < -0.3 is 38.0 Å². The van der Waals surface area contributed by atoms with Crippen molar-refractivity contribution in [3.05, 3.63) is 101 Å². The number of hydroxylamine groups is 2. The maximum Gasteiger partial charge on any atom is 1.00 e. The Kier molecular flexibility index (Phi) is 17.8. The Morgan fingerprint density at radius 1 is 0.853 bits per heavy atom. The minimum atomic E-state index is -4.74. The van der Waals surface area contributed by atoms with Crippen LogP contribution in [-0.2, 0) is 53.7 Å². The van der Waals surface area contributed by atoms with E-state index in [4.69, 9.17) is 28.5 Å². The van der Waals surface area contributed by atoms with Crippen LogP contribution < -0.4 is 39.2 Å². The second kappa shape index (κ2) is 23.0. The van der Waals surface area contributed by atoms with Gasteiger partial charge in [0.25, 0.3) is 11.8 Å². The van der Waals surface area contributed by atoms with E-state index in [1.54, 1.807) is 13.2 Å². The smallest absolute Gasteiger partial charge is 0.744 e. The molecule has 17 heteroatoms. The van der Waals surface area contributed by atoms with Gasteiger partial charge in [-0.05, 0) is 82.9 Å². The van der Waals surface area contributed by atoms with E-state index in [-0.39, 0.29) is 59.3 Å². The molecule has 1 saturated heterocycles. The molecular weight excluding hydrogens is 902 g/mol. The van der Waals surface area contributed by atoms with Crippen molar-refractivity contribution < 1.29 is 90.0 Å². The van der Waals surface area contributed by atoms with Gasteiger partial charge in [-0.25, -0.2) is 13.2 Å². The van der Waals surface area contributed by atoms with E-state index in [9.17, 15) is 27.4 Å². The zero-order valence-corrected chi connectivity index (χ0v) is 43.1. The van der Waals surface area contributed by atoms with E-state index >= 15 is 0 Å². The fourth-order valence-corrected chi connectivity index (χ4v) is 9.57. The summed E-state index contributed by atoms with van der Waals surface area (Å²) in [5.74, 6) is -0.364. The van der Waals surface area contributed by atoms with E-state index in [0.717, 1.165) is 44.9 Å². The van der Waals surface area contributed by atoms with Crippen LogP contribution in [0.15, 0.2) is 83.8 Å². The molecule has 0 aliphatic carbocycles. The number of imide groups is 1. The molecule has 0 radical (unpaired) electrons. The molecule has 0 spiro atoms. The van der Waals surface area contributed by atoms with Gasteiger partial charge in [0, 0.05) is 85.5 Å². The van der Waals surface area contributed by atoms with Gasteiger partial charge in [-0.1, -0.05) is 36.4 Å². The van der Waals surface area contributed by atoms with Crippen LogP contribution in [-0.4, -0.2) is 118 Å². The van der Waals surface area contributed by atoms with E-state index in [1.165, 1.54) is 12.1 Å². The van der Waals surface area contributed by atoms with Gasteiger partial charge in [-0.3, -0.25) is 9.59 Å². The van der Waals surface area contributed by atoms with Crippen LogP contribution in [0.2, 0.25) is 0 Å². The number of unbranched alkanes of at least 4 members (excludes halogenated alkanes) is 2. The summed E-state index contributed by atoms with van der Waals surface area (Å²) in [7, 11) is -3.11. The van der Waals surface area contributed by atoms with Gasteiger partial charge in [-0.2, -0.15) is 4.58 Å². The predicted molar refractivity (Wildman–Crippen MR) is 252 cm³/mol. The number of anilines is 1. The molecule has 7 rings (SSSR count). The van der Waals surface area contributed by atoms with Gasteiger partial charge in [0.05, 0.1) is 62.1 Å². The molecule has 68 heavy (non-hydrogen) atoms. The number of hydrogen-bond donors (Lipinski definition) is 0. The average molecular weight is 963 g/mol. The molecular formula is C51H61N3NaO12S+. The summed E-state index contributed by atoms with van der Waals surface area (Å²) in [6.45, 7) is 15.1. The van der Waals surface area contributed by atoms with Crippen molar-refractivity contribution in [2.24, 2.45) is 0 Å². The molecule has 3 aromatic carbocycles. The van der Waals surface area contributed by atoms with Gasteiger partial charge >= 0.3 is 35.5 Å². The Morgan fingerprint density at radius 3 is 2.18 bits per heavy atom. The topological polar surface area (TPSA) is 173 Å². The number of carbonyl (C=O) groups excluding carboxylic acids is 3. The van der Waals surface area contributed by atoms with Crippen molar-refractivity contribution in [2.45, 2.75) is 89.0 Å². The van der Waals surface area contributed by atoms with E-state index in [2.05, 4.69) is 54.5 Å². The predicted octanol–water partition coefficient (Wildman–Crippen LogP) is 4.35. The molecule has 0 atom stereocenters. The quantitative estimate of drug-likeness (QED) is 0.0458. The monoisotopic (exact) mass is 962 g/mol. The third-order valence-corrected chi connectivity index (χ3v) is 13.3. The first-order valence-corrected chi connectivity index (χ1v) is 24.3. The first-order valence-electron chi connectivity index (χ1n) is 22.9. The second-order valence-corrected chi connectivity index (χ2v) is 19.4. The number of carbonyl (C=O) groups is 3. The van der Waals surface area contributed by atoms with Crippen molar-refractivity contribution in [2.75, 3.05) is 71.3 Å². The number of fused-ring (bicyclic) bond motifs is 3. The van der Waals surface area contributed by atoms with Crippen LogP contribution in [0.1, 0.15) is 95.4 Å². The number of nitrogens with zero attached hydrogens (tertiary/aromatic N) is 3. The summed E-state index contributed by atoms with van der Waals surface area (Å²) < 4.78 is 68.2. The molecule has 0 N–H and O–H groups in total. The van der Waals surface area contributed by atoms with Crippen LogP contribution >= 0.6 is 0 Å². The number of rotatable bonds is 22.